The molecule has 2 aromatic carbocycles. The van der Waals surface area contributed by atoms with Gasteiger partial charge in [0.15, 0.2) is 6.79 Å². The fourth-order valence-electron chi connectivity index (χ4n) is 4.91. The number of anilines is 1. The minimum absolute atomic E-state index is 0.0913. The van der Waals surface area contributed by atoms with Crippen molar-refractivity contribution in [1.29, 1.82) is 0 Å². The first-order chi connectivity index (χ1) is 24.3. The van der Waals surface area contributed by atoms with Crippen molar-refractivity contribution < 1.29 is 46.8 Å². The van der Waals surface area contributed by atoms with Crippen LogP contribution >= 0.6 is 0 Å². The Morgan fingerprint density at radius 1 is 0.885 bits per heavy atom. The van der Waals surface area contributed by atoms with Crippen LogP contribution in [-0.4, -0.2) is 105 Å². The van der Waals surface area contributed by atoms with E-state index in [1.54, 1.807) is 6.92 Å². The summed E-state index contributed by atoms with van der Waals surface area (Å²) in [6.07, 6.45) is -2.71. The van der Waals surface area contributed by atoms with Gasteiger partial charge in [-0.05, 0) is 55.1 Å². The zero-order valence-electron chi connectivity index (χ0n) is 32.4. The van der Waals surface area contributed by atoms with Gasteiger partial charge in [0.25, 0.3) is 0 Å². The van der Waals surface area contributed by atoms with Gasteiger partial charge in [0.2, 0.25) is 10.0 Å². The Morgan fingerprint density at radius 3 is 2.06 bits per heavy atom. The molecule has 2 amide bonds. The molecule has 52 heavy (non-hydrogen) atoms. The minimum atomic E-state index is -4.24. The molecule has 0 fully saturated rings. The predicted molar refractivity (Wildman–Crippen MR) is 209 cm³/mol. The molecule has 294 valence electrons. The number of sulfonamides is 1. The predicted octanol–water partition coefficient (Wildman–Crippen LogP) is 7.17. The molecule has 0 aliphatic carbocycles. The molecule has 3 N–H and O–H groups in total. The topological polar surface area (TPSA) is 162 Å². The lowest BCUT2D eigenvalue weighted by Crippen LogP contribution is -2.52. The van der Waals surface area contributed by atoms with E-state index in [9.17, 15) is 23.1 Å². The summed E-state index contributed by atoms with van der Waals surface area (Å²) in [5.74, 6) is 0.108. The number of ether oxygens (including phenoxy) is 5. The van der Waals surface area contributed by atoms with Gasteiger partial charge in [-0.3, -0.25) is 5.32 Å². The number of hydrogen-bond donors (Lipinski definition) is 3. The Bertz CT molecular complexity index is 1490. The molecule has 0 aliphatic rings. The van der Waals surface area contributed by atoms with Crippen molar-refractivity contribution in [3.63, 3.8) is 0 Å². The number of hydrogen-bond acceptors (Lipinski definition) is 9. The van der Waals surface area contributed by atoms with Gasteiger partial charge in [-0.15, -0.1) is 0 Å². The summed E-state index contributed by atoms with van der Waals surface area (Å²) in [6, 6.07) is 14.5. The Labute approximate surface area is 312 Å². The number of carboxylic acid groups (broad SMARTS) is 1. The zero-order chi connectivity index (χ0) is 39.0. The van der Waals surface area contributed by atoms with Crippen molar-refractivity contribution in [2.75, 3.05) is 51.8 Å². The van der Waals surface area contributed by atoms with Crippen molar-refractivity contribution in [1.82, 2.24) is 9.62 Å². The summed E-state index contributed by atoms with van der Waals surface area (Å²) < 4.78 is 58.8. The van der Waals surface area contributed by atoms with E-state index in [2.05, 4.69) is 49.9 Å². The second-order valence-electron chi connectivity index (χ2n) is 15.5. The number of nitrogens with zero attached hydrogens (tertiary/aromatic N) is 1. The van der Waals surface area contributed by atoms with Crippen LogP contribution in [0.25, 0.3) is 0 Å². The van der Waals surface area contributed by atoms with Crippen LogP contribution in [0.15, 0.2) is 53.4 Å². The van der Waals surface area contributed by atoms with Gasteiger partial charge in [0, 0.05) is 42.5 Å². The minimum Gasteiger partial charge on any atom is -0.465 e. The second-order valence-corrected chi connectivity index (χ2v) is 28.7. The normalized spacial score (nSPS) is 13.5. The fourth-order valence-corrected chi connectivity index (χ4v) is 8.07. The first-order valence-electron chi connectivity index (χ1n) is 17.8. The molecule has 0 saturated carbocycles. The third-order valence-electron chi connectivity index (χ3n) is 7.77. The van der Waals surface area contributed by atoms with Gasteiger partial charge in [-0.2, -0.15) is 4.31 Å². The molecular formula is C36H61N3O10SSi2. The Morgan fingerprint density at radius 2 is 1.50 bits per heavy atom. The summed E-state index contributed by atoms with van der Waals surface area (Å²) in [7, 11) is -6.95. The smallest absolute Gasteiger partial charge is 0.411 e. The molecule has 0 radical (unpaired) electrons. The van der Waals surface area contributed by atoms with E-state index in [0.29, 0.717) is 13.2 Å². The fraction of sp³-hybridized carbons (Fsp3) is 0.611. The third-order valence-corrected chi connectivity index (χ3v) is 13.0. The highest BCUT2D eigenvalue weighted by Gasteiger charge is 2.34. The highest BCUT2D eigenvalue weighted by molar-refractivity contribution is 7.89. The zero-order valence-corrected chi connectivity index (χ0v) is 35.2. The first kappa shape index (κ1) is 45.2. The average molecular weight is 784 g/mol. The van der Waals surface area contributed by atoms with Crippen LogP contribution in [0, 0.1) is 5.92 Å². The Balaban J connectivity index is 2.48. The molecule has 0 aromatic heterocycles. The van der Waals surface area contributed by atoms with Crippen LogP contribution in [0.3, 0.4) is 0 Å². The van der Waals surface area contributed by atoms with Crippen LogP contribution in [0.2, 0.25) is 51.4 Å². The monoisotopic (exact) mass is 783 g/mol. The molecule has 0 unspecified atom stereocenters. The molecule has 16 heteroatoms. The molecule has 2 aromatic rings. The number of carbonyl (C=O) groups is 2. The third kappa shape index (κ3) is 17.7. The number of benzene rings is 2. The quantitative estimate of drug-likeness (QED) is 0.0566. The molecular weight excluding hydrogens is 723 g/mol. The van der Waals surface area contributed by atoms with Gasteiger partial charge < -0.3 is 34.1 Å². The van der Waals surface area contributed by atoms with Crippen LogP contribution in [-0.2, 0) is 35.4 Å². The average Bonchev–Trinajstić information content (AvgIpc) is 3.02. The van der Waals surface area contributed by atoms with Gasteiger partial charge in [-0.1, -0.05) is 83.5 Å². The maximum absolute atomic E-state index is 14.5. The summed E-state index contributed by atoms with van der Waals surface area (Å²) in [4.78, 5) is 24.4. The van der Waals surface area contributed by atoms with Crippen LogP contribution < -0.4 is 15.4 Å². The molecule has 0 bridgehead atoms. The van der Waals surface area contributed by atoms with E-state index >= 15 is 0 Å². The lowest BCUT2D eigenvalue weighted by atomic mass is 10.0. The molecule has 0 heterocycles. The van der Waals surface area contributed by atoms with Crippen molar-refractivity contribution in [3.8, 4) is 5.75 Å². The maximum atomic E-state index is 14.5. The summed E-state index contributed by atoms with van der Waals surface area (Å²) >= 11 is 0. The van der Waals surface area contributed by atoms with E-state index in [1.807, 2.05) is 44.2 Å². The van der Waals surface area contributed by atoms with Crippen molar-refractivity contribution in [3.05, 3.63) is 54.1 Å². The van der Waals surface area contributed by atoms with Crippen molar-refractivity contribution >= 4 is 44.0 Å². The number of carbonyl (C=O) groups excluding carboxylic acids is 1. The summed E-state index contributed by atoms with van der Waals surface area (Å²) in [6.45, 7) is 19.7. The van der Waals surface area contributed by atoms with E-state index in [0.717, 1.165) is 17.7 Å². The highest BCUT2D eigenvalue weighted by atomic mass is 32.2. The Kier molecular flexibility index (Phi) is 18.8. The van der Waals surface area contributed by atoms with Gasteiger partial charge >= 0.3 is 12.2 Å². The lowest BCUT2D eigenvalue weighted by molar-refractivity contribution is -0.0993. The van der Waals surface area contributed by atoms with Crippen molar-refractivity contribution in [2.24, 2.45) is 5.92 Å². The molecule has 13 nitrogen and oxygen atoms in total. The van der Waals surface area contributed by atoms with Crippen LogP contribution in [0.4, 0.5) is 15.3 Å². The maximum Gasteiger partial charge on any atom is 0.411 e. The molecule has 0 aliphatic heterocycles. The molecule has 0 spiro atoms. The summed E-state index contributed by atoms with van der Waals surface area (Å²) in [5, 5.41) is 15.0. The van der Waals surface area contributed by atoms with Crippen LogP contribution in [0.1, 0.15) is 26.3 Å². The SMILES string of the molecule is CCOC(=O)Nc1cc(S(=O)(=O)N(CC(C)C)C[C@H](OCOCC[Si](C)(C)C)[C@H](Cc2ccccc2)NC(=O)O)ccc1OCOCC[Si](C)(C)C. The standard InChI is InChI=1S/C36H61N3O10SSi2/c1-10-47-36(42)38-32-23-30(16-17-33(32)48-26-45-18-20-51(4,5)6)50(43,44)39(24-28(2)3)25-34(49-27-46-19-21-52(7,8)9)31(37-35(40)41)22-29-14-12-11-13-15-29/h11-17,23,28,31,34,37H,10,18-22,24-27H2,1-9H3,(H,38,42)(H,40,41)/t31-,34-/m0/s1. The van der Waals surface area contributed by atoms with Crippen molar-refractivity contribution in [2.45, 2.75) is 95.6 Å². The second kappa shape index (κ2) is 21.6. The Hall–Kier alpha value is -3.00. The highest BCUT2D eigenvalue weighted by Crippen LogP contribution is 2.30. The van der Waals surface area contributed by atoms with Crippen LogP contribution in [0.5, 0.6) is 5.75 Å². The lowest BCUT2D eigenvalue weighted by Gasteiger charge is -2.33. The number of amides is 2. The first-order valence-corrected chi connectivity index (χ1v) is 26.7. The van der Waals surface area contributed by atoms with E-state index in [-0.39, 0.29) is 62.0 Å². The van der Waals surface area contributed by atoms with Gasteiger partial charge in [0.1, 0.15) is 12.5 Å². The van der Waals surface area contributed by atoms with Gasteiger partial charge in [0.05, 0.1) is 29.3 Å². The van der Waals surface area contributed by atoms with Gasteiger partial charge in [-0.25, -0.2) is 18.0 Å². The van der Waals surface area contributed by atoms with E-state index in [1.165, 1.54) is 22.5 Å². The van der Waals surface area contributed by atoms with E-state index in [4.69, 9.17) is 23.7 Å². The number of nitrogens with one attached hydrogen (secondary N) is 2. The number of rotatable bonds is 24. The molecule has 2 rings (SSSR count). The van der Waals surface area contributed by atoms with E-state index < -0.39 is 50.5 Å². The molecule has 2 atom stereocenters. The molecule has 0 saturated heterocycles. The summed E-state index contributed by atoms with van der Waals surface area (Å²) in [5.41, 5.74) is 0.943. The largest absolute Gasteiger partial charge is 0.465 e.